The van der Waals surface area contributed by atoms with Crippen molar-refractivity contribution in [2.45, 2.75) is 37.8 Å². The van der Waals surface area contributed by atoms with Crippen LogP contribution in [0, 0.1) is 12.7 Å². The number of nitrogens with one attached hydrogen (secondary N) is 1. The predicted molar refractivity (Wildman–Crippen MR) is 112 cm³/mol. The number of likely N-dealkylation sites (tertiary alicyclic amines) is 1. The van der Waals surface area contributed by atoms with Crippen LogP contribution in [-0.2, 0) is 4.79 Å². The van der Waals surface area contributed by atoms with E-state index < -0.39 is 5.54 Å². The van der Waals surface area contributed by atoms with Gasteiger partial charge < -0.3 is 4.90 Å². The molecule has 0 unspecified atom stereocenters. The number of hydrogen-bond acceptors (Lipinski definition) is 4. The SMILES string of the molecule is Cc1ccnn1-c1ccc(F)c(-c2ccnc([C@H]3CC[C@@]4(CCN(C)C4=O)N3)c2)c1. The summed E-state index contributed by atoms with van der Waals surface area (Å²) in [5.74, 6) is -0.126. The fraction of sp³-hybridized carbons (Fsp3) is 0.348. The van der Waals surface area contributed by atoms with Crippen molar-refractivity contribution in [1.82, 2.24) is 25.0 Å². The minimum absolute atomic E-state index is 0.0139. The Balaban J connectivity index is 1.46. The molecule has 3 aromatic rings. The summed E-state index contributed by atoms with van der Waals surface area (Å²) in [6, 6.07) is 10.7. The lowest BCUT2D eigenvalue weighted by Crippen LogP contribution is -2.47. The lowest BCUT2D eigenvalue weighted by molar-refractivity contribution is -0.131. The molecule has 0 bridgehead atoms. The molecular formula is C23H24FN5O. The van der Waals surface area contributed by atoms with Crippen LogP contribution in [0.4, 0.5) is 4.39 Å². The van der Waals surface area contributed by atoms with Gasteiger partial charge in [-0.25, -0.2) is 9.07 Å². The summed E-state index contributed by atoms with van der Waals surface area (Å²) >= 11 is 0. The van der Waals surface area contributed by atoms with Gasteiger partial charge in [0.1, 0.15) is 11.4 Å². The van der Waals surface area contributed by atoms with E-state index >= 15 is 0 Å². The molecule has 1 spiro atoms. The topological polar surface area (TPSA) is 63.1 Å². The van der Waals surface area contributed by atoms with E-state index in [0.717, 1.165) is 48.4 Å². The first-order valence-electron chi connectivity index (χ1n) is 10.3. The first-order valence-corrected chi connectivity index (χ1v) is 10.3. The molecule has 0 aliphatic carbocycles. The Morgan fingerprint density at radius 1 is 1.17 bits per heavy atom. The largest absolute Gasteiger partial charge is 0.344 e. The highest BCUT2D eigenvalue weighted by molar-refractivity contribution is 5.88. The van der Waals surface area contributed by atoms with Gasteiger partial charge in [-0.1, -0.05) is 0 Å². The van der Waals surface area contributed by atoms with Crippen LogP contribution < -0.4 is 5.32 Å². The molecule has 5 rings (SSSR count). The van der Waals surface area contributed by atoms with E-state index in [1.54, 1.807) is 28.0 Å². The first kappa shape index (κ1) is 18.9. The maximum atomic E-state index is 14.7. The van der Waals surface area contributed by atoms with E-state index in [-0.39, 0.29) is 17.8 Å². The van der Waals surface area contributed by atoms with Crippen molar-refractivity contribution >= 4 is 5.91 Å². The molecule has 2 aromatic heterocycles. The van der Waals surface area contributed by atoms with Gasteiger partial charge in [0.05, 0.1) is 17.4 Å². The zero-order chi connectivity index (χ0) is 20.9. The standard InChI is InChI=1S/C23H24FN5O/c1-15-6-11-26-29(15)17-3-4-19(24)18(14-17)16-7-10-25-21(13-16)20-5-8-23(27-20)9-12-28(2)22(23)30/h3-4,6-7,10-11,13-14,20,27H,5,8-9,12H2,1-2H3/t20-,23+/m1/s1. The normalized spacial score (nSPS) is 23.6. The molecule has 1 amide bonds. The monoisotopic (exact) mass is 405 g/mol. The van der Waals surface area contributed by atoms with Crippen molar-refractivity contribution in [1.29, 1.82) is 0 Å². The number of pyridine rings is 1. The number of nitrogens with zero attached hydrogens (tertiary/aromatic N) is 4. The Hall–Kier alpha value is -3.06. The van der Waals surface area contributed by atoms with Crippen molar-refractivity contribution in [2.75, 3.05) is 13.6 Å². The van der Waals surface area contributed by atoms with E-state index in [4.69, 9.17) is 0 Å². The van der Waals surface area contributed by atoms with E-state index in [0.29, 0.717) is 5.56 Å². The Labute approximate surface area is 174 Å². The second-order valence-corrected chi connectivity index (χ2v) is 8.31. The van der Waals surface area contributed by atoms with Gasteiger partial charge in [-0.2, -0.15) is 5.10 Å². The Morgan fingerprint density at radius 2 is 2.03 bits per heavy atom. The van der Waals surface area contributed by atoms with Crippen molar-refractivity contribution in [2.24, 2.45) is 0 Å². The molecule has 2 aliphatic heterocycles. The number of likely N-dealkylation sites (N-methyl/N-ethyl adjacent to an activating group) is 1. The van der Waals surface area contributed by atoms with Crippen molar-refractivity contribution in [3.05, 3.63) is 66.0 Å². The second-order valence-electron chi connectivity index (χ2n) is 8.31. The number of benzene rings is 1. The average Bonchev–Trinajstić information content (AvgIpc) is 3.45. The van der Waals surface area contributed by atoms with Crippen LogP contribution in [-0.4, -0.2) is 44.7 Å². The quantitative estimate of drug-likeness (QED) is 0.725. The second kappa shape index (κ2) is 7.02. The van der Waals surface area contributed by atoms with Gasteiger partial charge in [-0.3, -0.25) is 15.1 Å². The highest BCUT2D eigenvalue weighted by Crippen LogP contribution is 2.39. The predicted octanol–water partition coefficient (Wildman–Crippen LogP) is 3.41. The molecule has 0 saturated carbocycles. The minimum atomic E-state index is -0.472. The maximum Gasteiger partial charge on any atom is 0.242 e. The van der Waals surface area contributed by atoms with Crippen molar-refractivity contribution in [3.8, 4) is 16.8 Å². The summed E-state index contributed by atoms with van der Waals surface area (Å²) in [6.07, 6.45) is 5.90. The van der Waals surface area contributed by atoms with Crippen LogP contribution in [0.1, 0.15) is 36.7 Å². The lowest BCUT2D eigenvalue weighted by Gasteiger charge is -2.23. The number of carbonyl (C=O) groups is 1. The minimum Gasteiger partial charge on any atom is -0.344 e. The van der Waals surface area contributed by atoms with Crippen LogP contribution in [0.25, 0.3) is 16.8 Å². The van der Waals surface area contributed by atoms with Gasteiger partial charge in [-0.15, -0.1) is 0 Å². The molecule has 1 N–H and O–H groups in total. The number of carbonyl (C=O) groups excluding carboxylic acids is 1. The number of aryl methyl sites for hydroxylation is 1. The van der Waals surface area contributed by atoms with Crippen molar-refractivity contribution < 1.29 is 9.18 Å². The molecule has 2 saturated heterocycles. The number of amides is 1. The molecule has 2 fully saturated rings. The average molecular weight is 405 g/mol. The number of halogens is 1. The Bertz CT molecular complexity index is 1130. The molecule has 2 aliphatic rings. The van der Waals surface area contributed by atoms with Gasteiger partial charge in [0, 0.05) is 37.2 Å². The molecule has 0 radical (unpaired) electrons. The summed E-state index contributed by atoms with van der Waals surface area (Å²) < 4.78 is 16.5. The fourth-order valence-electron chi connectivity index (χ4n) is 4.70. The number of rotatable bonds is 3. The van der Waals surface area contributed by atoms with Crippen LogP contribution in [0.2, 0.25) is 0 Å². The number of hydrogen-bond donors (Lipinski definition) is 1. The van der Waals surface area contributed by atoms with Crippen LogP contribution in [0.15, 0.2) is 48.8 Å². The third-order valence-corrected chi connectivity index (χ3v) is 6.42. The Kier molecular flexibility index (Phi) is 4.43. The van der Waals surface area contributed by atoms with Crippen molar-refractivity contribution in [3.63, 3.8) is 0 Å². The molecule has 6 nitrogen and oxygen atoms in total. The molecule has 30 heavy (non-hydrogen) atoms. The highest BCUT2D eigenvalue weighted by atomic mass is 19.1. The van der Waals surface area contributed by atoms with E-state index in [2.05, 4.69) is 15.4 Å². The van der Waals surface area contributed by atoms with Crippen LogP contribution in [0.3, 0.4) is 0 Å². The summed E-state index contributed by atoms with van der Waals surface area (Å²) in [6.45, 7) is 2.74. The molecule has 154 valence electrons. The molecule has 7 heteroatoms. The Morgan fingerprint density at radius 3 is 2.77 bits per heavy atom. The third-order valence-electron chi connectivity index (χ3n) is 6.42. The summed E-state index contributed by atoms with van der Waals surface area (Å²) in [7, 11) is 1.85. The van der Waals surface area contributed by atoms with Crippen LogP contribution in [0.5, 0.6) is 0 Å². The summed E-state index contributed by atoms with van der Waals surface area (Å²) in [5.41, 5.74) is 3.43. The molecular weight excluding hydrogens is 381 g/mol. The molecule has 1 aromatic carbocycles. The molecule has 2 atom stereocenters. The van der Waals surface area contributed by atoms with E-state index in [1.165, 1.54) is 6.07 Å². The van der Waals surface area contributed by atoms with Crippen LogP contribution >= 0.6 is 0 Å². The van der Waals surface area contributed by atoms with Gasteiger partial charge in [0.2, 0.25) is 5.91 Å². The molecule has 4 heterocycles. The summed E-state index contributed by atoms with van der Waals surface area (Å²) in [4.78, 5) is 18.9. The third kappa shape index (κ3) is 3.01. The maximum absolute atomic E-state index is 14.7. The summed E-state index contributed by atoms with van der Waals surface area (Å²) in [5, 5.41) is 7.86. The van der Waals surface area contributed by atoms with E-state index in [9.17, 15) is 9.18 Å². The zero-order valence-corrected chi connectivity index (χ0v) is 17.1. The van der Waals surface area contributed by atoms with Gasteiger partial charge in [0.25, 0.3) is 0 Å². The van der Waals surface area contributed by atoms with Gasteiger partial charge >= 0.3 is 0 Å². The van der Waals surface area contributed by atoms with E-state index in [1.807, 2.05) is 38.2 Å². The highest BCUT2D eigenvalue weighted by Gasteiger charge is 2.50. The lowest BCUT2D eigenvalue weighted by atomic mass is 9.96. The van der Waals surface area contributed by atoms with Gasteiger partial charge in [-0.05, 0) is 68.1 Å². The van der Waals surface area contributed by atoms with Gasteiger partial charge in [0.15, 0.2) is 0 Å². The smallest absolute Gasteiger partial charge is 0.242 e. The first-order chi connectivity index (χ1) is 14.5. The fourth-order valence-corrected chi connectivity index (χ4v) is 4.70. The zero-order valence-electron chi connectivity index (χ0n) is 17.1. The number of aromatic nitrogens is 3.